The van der Waals surface area contributed by atoms with Gasteiger partial charge >= 0.3 is 0 Å². The molecule has 5 nitrogen and oxygen atoms in total. The highest BCUT2D eigenvalue weighted by Crippen LogP contribution is 2.25. The predicted octanol–water partition coefficient (Wildman–Crippen LogP) is 1.83. The Morgan fingerprint density at radius 3 is 3.00 bits per heavy atom. The molecule has 1 aliphatic heterocycles. The van der Waals surface area contributed by atoms with Gasteiger partial charge in [-0.25, -0.2) is 9.97 Å². The van der Waals surface area contributed by atoms with Crippen molar-refractivity contribution in [3.63, 3.8) is 0 Å². The quantitative estimate of drug-likeness (QED) is 0.848. The summed E-state index contributed by atoms with van der Waals surface area (Å²) in [4.78, 5) is 13.4. The molecule has 1 fully saturated rings. The second-order valence-corrected chi connectivity index (χ2v) is 5.44. The molecule has 0 aromatic carbocycles. The van der Waals surface area contributed by atoms with E-state index in [1.54, 1.807) is 6.33 Å². The molecule has 1 aromatic rings. The number of rotatable bonds is 6. The first-order chi connectivity index (χ1) is 9.20. The highest BCUT2D eigenvalue weighted by molar-refractivity contribution is 5.49. The van der Waals surface area contributed by atoms with Crippen LogP contribution in [-0.2, 0) is 0 Å². The van der Waals surface area contributed by atoms with Crippen LogP contribution in [0.15, 0.2) is 12.4 Å². The SMILES string of the molecule is CCCNc1cc(N2CCCC2CN(C)C)ncn1. The molecule has 1 aromatic heterocycles. The standard InChI is InChI=1S/C14H25N5/c1-4-7-15-13-9-14(17-11-16-13)19-8-5-6-12(19)10-18(2)3/h9,11-12H,4-8,10H2,1-3H3,(H,15,16,17). The van der Waals surface area contributed by atoms with E-state index in [4.69, 9.17) is 0 Å². The van der Waals surface area contributed by atoms with Crippen LogP contribution in [-0.4, -0.2) is 54.6 Å². The summed E-state index contributed by atoms with van der Waals surface area (Å²) in [5, 5.41) is 3.33. The molecule has 1 unspecified atom stereocenters. The number of anilines is 2. The fourth-order valence-electron chi connectivity index (χ4n) is 2.60. The molecular weight excluding hydrogens is 238 g/mol. The average molecular weight is 263 g/mol. The van der Waals surface area contributed by atoms with Gasteiger partial charge in [0, 0.05) is 31.7 Å². The summed E-state index contributed by atoms with van der Waals surface area (Å²) in [6.45, 7) is 5.30. The van der Waals surface area contributed by atoms with Crippen LogP contribution < -0.4 is 10.2 Å². The Morgan fingerprint density at radius 1 is 1.42 bits per heavy atom. The van der Waals surface area contributed by atoms with E-state index in [0.717, 1.165) is 37.7 Å². The molecule has 2 rings (SSSR count). The van der Waals surface area contributed by atoms with Crippen molar-refractivity contribution in [2.75, 3.05) is 43.9 Å². The molecule has 0 spiro atoms. The Hall–Kier alpha value is -1.36. The van der Waals surface area contributed by atoms with E-state index in [0.29, 0.717) is 6.04 Å². The van der Waals surface area contributed by atoms with E-state index in [1.165, 1.54) is 12.8 Å². The lowest BCUT2D eigenvalue weighted by atomic mass is 10.2. The molecule has 106 valence electrons. The molecule has 5 heteroatoms. The van der Waals surface area contributed by atoms with Gasteiger partial charge in [0.15, 0.2) is 0 Å². The summed E-state index contributed by atoms with van der Waals surface area (Å²) >= 11 is 0. The third kappa shape index (κ3) is 3.80. The molecule has 1 atom stereocenters. The Kier molecular flexibility index (Phi) is 4.96. The van der Waals surface area contributed by atoms with E-state index < -0.39 is 0 Å². The van der Waals surface area contributed by atoms with Gasteiger partial charge in [0.1, 0.15) is 18.0 Å². The molecular formula is C14H25N5. The van der Waals surface area contributed by atoms with Gasteiger partial charge in [0.2, 0.25) is 0 Å². The lowest BCUT2D eigenvalue weighted by molar-refractivity contribution is 0.371. The third-order valence-electron chi connectivity index (χ3n) is 3.46. The predicted molar refractivity (Wildman–Crippen MR) is 79.7 cm³/mol. The highest BCUT2D eigenvalue weighted by atomic mass is 15.3. The molecule has 1 N–H and O–H groups in total. The summed E-state index contributed by atoms with van der Waals surface area (Å²) < 4.78 is 0. The number of likely N-dealkylation sites (N-methyl/N-ethyl adjacent to an activating group) is 1. The summed E-state index contributed by atoms with van der Waals surface area (Å²) in [5.74, 6) is 1.99. The minimum absolute atomic E-state index is 0.573. The highest BCUT2D eigenvalue weighted by Gasteiger charge is 2.26. The molecule has 0 radical (unpaired) electrons. The van der Waals surface area contributed by atoms with E-state index in [1.807, 2.05) is 0 Å². The van der Waals surface area contributed by atoms with Gasteiger partial charge in [-0.15, -0.1) is 0 Å². The van der Waals surface area contributed by atoms with Crippen molar-refractivity contribution >= 4 is 11.6 Å². The number of nitrogens with zero attached hydrogens (tertiary/aromatic N) is 4. The number of aromatic nitrogens is 2. The number of hydrogen-bond donors (Lipinski definition) is 1. The lowest BCUT2D eigenvalue weighted by Crippen LogP contribution is -2.38. The molecule has 1 saturated heterocycles. The van der Waals surface area contributed by atoms with Gasteiger partial charge in [-0.05, 0) is 33.4 Å². The van der Waals surface area contributed by atoms with Crippen LogP contribution in [0.3, 0.4) is 0 Å². The first-order valence-electron chi connectivity index (χ1n) is 7.18. The van der Waals surface area contributed by atoms with Crippen molar-refractivity contribution in [2.45, 2.75) is 32.2 Å². The van der Waals surface area contributed by atoms with Crippen molar-refractivity contribution in [3.8, 4) is 0 Å². The number of nitrogens with one attached hydrogen (secondary N) is 1. The van der Waals surface area contributed by atoms with Gasteiger partial charge in [0.05, 0.1) is 0 Å². The van der Waals surface area contributed by atoms with Gasteiger partial charge < -0.3 is 15.1 Å². The van der Waals surface area contributed by atoms with Gasteiger partial charge in [0.25, 0.3) is 0 Å². The molecule has 0 aliphatic carbocycles. The summed E-state index contributed by atoms with van der Waals surface area (Å²) in [7, 11) is 4.26. The van der Waals surface area contributed by atoms with E-state index in [9.17, 15) is 0 Å². The van der Waals surface area contributed by atoms with Gasteiger partial charge in [-0.2, -0.15) is 0 Å². The van der Waals surface area contributed by atoms with Crippen LogP contribution in [0, 0.1) is 0 Å². The largest absolute Gasteiger partial charge is 0.370 e. The van der Waals surface area contributed by atoms with Gasteiger partial charge in [-0.1, -0.05) is 6.92 Å². The van der Waals surface area contributed by atoms with Crippen molar-refractivity contribution < 1.29 is 0 Å². The maximum Gasteiger partial charge on any atom is 0.134 e. The number of hydrogen-bond acceptors (Lipinski definition) is 5. The van der Waals surface area contributed by atoms with Crippen LogP contribution in [0.4, 0.5) is 11.6 Å². The summed E-state index contributed by atoms with van der Waals surface area (Å²) in [6, 6.07) is 2.65. The molecule has 19 heavy (non-hydrogen) atoms. The minimum Gasteiger partial charge on any atom is -0.370 e. The van der Waals surface area contributed by atoms with Crippen LogP contribution in [0.2, 0.25) is 0 Å². The van der Waals surface area contributed by atoms with Crippen molar-refractivity contribution in [3.05, 3.63) is 12.4 Å². The Labute approximate surface area is 116 Å². The van der Waals surface area contributed by atoms with Gasteiger partial charge in [-0.3, -0.25) is 0 Å². The normalized spacial score (nSPS) is 19.2. The molecule has 0 amide bonds. The van der Waals surface area contributed by atoms with Crippen molar-refractivity contribution in [1.82, 2.24) is 14.9 Å². The fraction of sp³-hybridized carbons (Fsp3) is 0.714. The zero-order chi connectivity index (χ0) is 13.7. The topological polar surface area (TPSA) is 44.3 Å². The van der Waals surface area contributed by atoms with Crippen LogP contribution in [0.1, 0.15) is 26.2 Å². The maximum atomic E-state index is 4.44. The second kappa shape index (κ2) is 6.70. The smallest absolute Gasteiger partial charge is 0.134 e. The fourth-order valence-corrected chi connectivity index (χ4v) is 2.60. The van der Waals surface area contributed by atoms with Crippen molar-refractivity contribution in [1.29, 1.82) is 0 Å². The second-order valence-electron chi connectivity index (χ2n) is 5.44. The molecule has 2 heterocycles. The van der Waals surface area contributed by atoms with E-state index in [-0.39, 0.29) is 0 Å². The zero-order valence-corrected chi connectivity index (χ0v) is 12.3. The van der Waals surface area contributed by atoms with Crippen molar-refractivity contribution in [2.24, 2.45) is 0 Å². The first kappa shape index (κ1) is 14.1. The minimum atomic E-state index is 0.573. The zero-order valence-electron chi connectivity index (χ0n) is 12.3. The molecule has 0 bridgehead atoms. The molecule has 0 saturated carbocycles. The van der Waals surface area contributed by atoms with Crippen LogP contribution in [0.25, 0.3) is 0 Å². The Balaban J connectivity index is 2.07. The summed E-state index contributed by atoms with van der Waals surface area (Å²) in [6.07, 6.45) is 5.27. The lowest BCUT2D eigenvalue weighted by Gasteiger charge is -2.28. The Morgan fingerprint density at radius 2 is 2.26 bits per heavy atom. The third-order valence-corrected chi connectivity index (χ3v) is 3.46. The maximum absolute atomic E-state index is 4.44. The van der Waals surface area contributed by atoms with E-state index >= 15 is 0 Å². The first-order valence-corrected chi connectivity index (χ1v) is 7.18. The van der Waals surface area contributed by atoms with Crippen LogP contribution in [0.5, 0.6) is 0 Å². The average Bonchev–Trinajstić information content (AvgIpc) is 2.84. The Bertz CT molecular complexity index is 393. The summed E-state index contributed by atoms with van der Waals surface area (Å²) in [5.41, 5.74) is 0. The monoisotopic (exact) mass is 263 g/mol. The van der Waals surface area contributed by atoms with Crippen LogP contribution >= 0.6 is 0 Å². The molecule has 1 aliphatic rings. The van der Waals surface area contributed by atoms with E-state index in [2.05, 4.69) is 52.2 Å².